The first-order valence-corrected chi connectivity index (χ1v) is 6.68. The second-order valence-electron chi connectivity index (χ2n) is 4.54. The zero-order valence-corrected chi connectivity index (χ0v) is 11.7. The van der Waals surface area contributed by atoms with Crippen molar-refractivity contribution in [3.63, 3.8) is 0 Å². The highest BCUT2D eigenvalue weighted by atomic mass is 16.3. The van der Waals surface area contributed by atoms with Crippen LogP contribution in [-0.4, -0.2) is 17.9 Å². The van der Waals surface area contributed by atoms with Gasteiger partial charge in [0.25, 0.3) is 0 Å². The van der Waals surface area contributed by atoms with Crippen LogP contribution in [0.25, 0.3) is 0 Å². The van der Waals surface area contributed by atoms with Crippen LogP contribution in [0, 0.1) is 5.92 Å². The lowest BCUT2D eigenvalue weighted by molar-refractivity contribution is -0.131. The van der Waals surface area contributed by atoms with E-state index in [9.17, 15) is 9.59 Å². The van der Waals surface area contributed by atoms with Crippen LogP contribution in [0.5, 0.6) is 0 Å². The molecule has 5 heteroatoms. The smallest absolute Gasteiger partial charge is 0.242 e. The predicted molar refractivity (Wildman–Crippen MR) is 72.2 cm³/mol. The third-order valence-corrected chi connectivity index (χ3v) is 3.13. The maximum Gasteiger partial charge on any atom is 0.242 e. The van der Waals surface area contributed by atoms with Crippen molar-refractivity contribution in [2.75, 3.05) is 0 Å². The molecule has 5 nitrogen and oxygen atoms in total. The quantitative estimate of drug-likeness (QED) is 0.791. The number of hydrogen-bond donors (Lipinski definition) is 2. The summed E-state index contributed by atoms with van der Waals surface area (Å²) in [5.74, 6) is 0.383. The molecule has 0 aromatic carbocycles. The topological polar surface area (TPSA) is 71.3 Å². The van der Waals surface area contributed by atoms with E-state index in [-0.39, 0.29) is 17.7 Å². The van der Waals surface area contributed by atoms with E-state index in [4.69, 9.17) is 4.42 Å². The van der Waals surface area contributed by atoms with Crippen LogP contribution in [0.2, 0.25) is 0 Å². The van der Waals surface area contributed by atoms with Gasteiger partial charge in [0.15, 0.2) is 0 Å². The maximum atomic E-state index is 11.8. The number of amides is 2. The summed E-state index contributed by atoms with van der Waals surface area (Å²) in [6.07, 6.45) is 3.12. The number of rotatable bonds is 7. The highest BCUT2D eigenvalue weighted by Gasteiger charge is 2.20. The summed E-state index contributed by atoms with van der Waals surface area (Å²) in [7, 11) is 0. The first kappa shape index (κ1) is 15.3. The average Bonchev–Trinajstić information content (AvgIpc) is 2.90. The molecule has 19 heavy (non-hydrogen) atoms. The lowest BCUT2D eigenvalue weighted by Crippen LogP contribution is -2.46. The molecule has 1 rings (SSSR count). The molecule has 0 aliphatic rings. The van der Waals surface area contributed by atoms with Gasteiger partial charge >= 0.3 is 0 Å². The molecule has 0 spiro atoms. The van der Waals surface area contributed by atoms with Crippen LogP contribution in [0.15, 0.2) is 22.8 Å². The minimum atomic E-state index is -0.539. The number of hydrogen-bond acceptors (Lipinski definition) is 3. The van der Waals surface area contributed by atoms with Crippen molar-refractivity contribution >= 4 is 11.8 Å². The Balaban J connectivity index is 2.37. The molecule has 1 aromatic heterocycles. The molecule has 1 aromatic rings. The molecule has 2 N–H and O–H groups in total. The van der Waals surface area contributed by atoms with E-state index < -0.39 is 6.04 Å². The van der Waals surface area contributed by atoms with E-state index in [0.717, 1.165) is 12.8 Å². The van der Waals surface area contributed by atoms with Crippen LogP contribution >= 0.6 is 0 Å². The molecule has 0 aliphatic carbocycles. The van der Waals surface area contributed by atoms with Gasteiger partial charge in [0.05, 0.1) is 12.8 Å². The van der Waals surface area contributed by atoms with Crippen molar-refractivity contribution in [3.05, 3.63) is 24.2 Å². The summed E-state index contributed by atoms with van der Waals surface area (Å²) in [5.41, 5.74) is 0. The standard InChI is InChI=1S/C14H22N2O3/c1-4-11(5-2)14(18)16-10(3)13(17)15-9-12-7-6-8-19-12/h6-8,10-11H,4-5,9H2,1-3H3,(H,15,17)(H,16,18)/t10-/m0/s1. The van der Waals surface area contributed by atoms with Gasteiger partial charge in [-0.3, -0.25) is 9.59 Å². The average molecular weight is 266 g/mol. The van der Waals surface area contributed by atoms with E-state index in [1.54, 1.807) is 25.3 Å². The molecule has 0 saturated heterocycles. The molecular formula is C14H22N2O3. The molecule has 106 valence electrons. The fraction of sp³-hybridized carbons (Fsp3) is 0.571. The van der Waals surface area contributed by atoms with Gasteiger partial charge in [0.2, 0.25) is 11.8 Å². The summed E-state index contributed by atoms with van der Waals surface area (Å²) in [4.78, 5) is 23.6. The first-order valence-electron chi connectivity index (χ1n) is 6.68. The first-order chi connectivity index (χ1) is 9.08. The summed E-state index contributed by atoms with van der Waals surface area (Å²) < 4.78 is 5.12. The second-order valence-corrected chi connectivity index (χ2v) is 4.54. The van der Waals surface area contributed by atoms with Gasteiger partial charge in [-0.25, -0.2) is 0 Å². The fourth-order valence-electron chi connectivity index (χ4n) is 1.80. The van der Waals surface area contributed by atoms with Crippen molar-refractivity contribution in [1.29, 1.82) is 0 Å². The van der Waals surface area contributed by atoms with Gasteiger partial charge in [-0.1, -0.05) is 13.8 Å². The van der Waals surface area contributed by atoms with Gasteiger partial charge in [-0.05, 0) is 31.9 Å². The Bertz CT molecular complexity index is 397. The minimum Gasteiger partial charge on any atom is -0.467 e. The lowest BCUT2D eigenvalue weighted by atomic mass is 10.0. The third kappa shape index (κ3) is 4.77. The lowest BCUT2D eigenvalue weighted by Gasteiger charge is -2.17. The summed E-state index contributed by atoms with van der Waals surface area (Å²) in [6, 6.07) is 3.01. The van der Waals surface area contributed by atoms with E-state index >= 15 is 0 Å². The van der Waals surface area contributed by atoms with Crippen LogP contribution in [0.4, 0.5) is 0 Å². The Labute approximate surface area is 113 Å². The molecule has 0 bridgehead atoms. The number of carbonyl (C=O) groups excluding carboxylic acids is 2. The Morgan fingerprint density at radius 1 is 1.26 bits per heavy atom. The summed E-state index contributed by atoms with van der Waals surface area (Å²) >= 11 is 0. The highest BCUT2D eigenvalue weighted by molar-refractivity contribution is 5.88. The van der Waals surface area contributed by atoms with Crippen molar-refractivity contribution in [3.8, 4) is 0 Å². The molecule has 0 aliphatic heterocycles. The molecular weight excluding hydrogens is 244 g/mol. The summed E-state index contributed by atoms with van der Waals surface area (Å²) in [5, 5.41) is 5.45. The van der Waals surface area contributed by atoms with E-state index in [1.807, 2.05) is 13.8 Å². The Hall–Kier alpha value is -1.78. The normalized spacial score (nSPS) is 12.2. The third-order valence-electron chi connectivity index (χ3n) is 3.13. The van der Waals surface area contributed by atoms with Crippen molar-refractivity contribution in [2.24, 2.45) is 5.92 Å². The van der Waals surface area contributed by atoms with Gasteiger partial charge < -0.3 is 15.1 Å². The zero-order chi connectivity index (χ0) is 14.3. The molecule has 2 amide bonds. The fourth-order valence-corrected chi connectivity index (χ4v) is 1.80. The van der Waals surface area contributed by atoms with Crippen LogP contribution in [-0.2, 0) is 16.1 Å². The molecule has 0 saturated carbocycles. The largest absolute Gasteiger partial charge is 0.467 e. The number of nitrogens with one attached hydrogen (secondary N) is 2. The molecule has 1 atom stereocenters. The van der Waals surface area contributed by atoms with Gasteiger partial charge in [0, 0.05) is 5.92 Å². The van der Waals surface area contributed by atoms with Crippen LogP contribution in [0.1, 0.15) is 39.4 Å². The predicted octanol–water partition coefficient (Wildman–Crippen LogP) is 1.84. The minimum absolute atomic E-state index is 0.0275. The van der Waals surface area contributed by atoms with Crippen LogP contribution < -0.4 is 10.6 Å². The number of carbonyl (C=O) groups is 2. The zero-order valence-electron chi connectivity index (χ0n) is 11.7. The van der Waals surface area contributed by atoms with E-state index in [0.29, 0.717) is 12.3 Å². The monoisotopic (exact) mass is 266 g/mol. The number of furan rings is 1. The van der Waals surface area contributed by atoms with Gasteiger partial charge in [-0.2, -0.15) is 0 Å². The van der Waals surface area contributed by atoms with E-state index in [2.05, 4.69) is 10.6 Å². The van der Waals surface area contributed by atoms with Gasteiger partial charge in [0.1, 0.15) is 11.8 Å². The Kier molecular flexibility index (Phi) is 6.12. The van der Waals surface area contributed by atoms with Crippen molar-refractivity contribution < 1.29 is 14.0 Å². The molecule has 0 fully saturated rings. The van der Waals surface area contributed by atoms with Crippen LogP contribution in [0.3, 0.4) is 0 Å². The highest BCUT2D eigenvalue weighted by Crippen LogP contribution is 2.07. The molecule has 0 radical (unpaired) electrons. The summed E-state index contributed by atoms with van der Waals surface area (Å²) in [6.45, 7) is 5.94. The second kappa shape index (κ2) is 7.61. The molecule has 1 heterocycles. The van der Waals surface area contributed by atoms with E-state index in [1.165, 1.54) is 0 Å². The van der Waals surface area contributed by atoms with Crippen molar-refractivity contribution in [2.45, 2.75) is 46.2 Å². The maximum absolute atomic E-state index is 11.8. The molecule has 0 unspecified atom stereocenters. The Morgan fingerprint density at radius 2 is 1.95 bits per heavy atom. The SMILES string of the molecule is CCC(CC)C(=O)N[C@@H](C)C(=O)NCc1ccco1. The Morgan fingerprint density at radius 3 is 2.47 bits per heavy atom. The van der Waals surface area contributed by atoms with Gasteiger partial charge in [-0.15, -0.1) is 0 Å². The van der Waals surface area contributed by atoms with Crippen molar-refractivity contribution in [1.82, 2.24) is 10.6 Å².